The first-order valence-corrected chi connectivity index (χ1v) is 12.0. The summed E-state index contributed by atoms with van der Waals surface area (Å²) < 4.78 is 5.99. The van der Waals surface area contributed by atoms with E-state index in [0.29, 0.717) is 22.1 Å². The summed E-state index contributed by atoms with van der Waals surface area (Å²) >= 11 is 6.98. The Balaban J connectivity index is 1.24. The molecule has 2 amide bonds. The maximum Gasteiger partial charge on any atom is 0.279 e. The average molecular weight is 499 g/mol. The van der Waals surface area contributed by atoms with E-state index in [0.717, 1.165) is 28.6 Å². The summed E-state index contributed by atoms with van der Waals surface area (Å²) in [6, 6.07) is 28.3. The van der Waals surface area contributed by atoms with E-state index in [1.165, 1.54) is 10.8 Å². The lowest BCUT2D eigenvalue weighted by molar-refractivity contribution is -0.115. The number of carbonyl (C=O) groups is 2. The quantitative estimate of drug-likeness (QED) is 0.320. The lowest BCUT2D eigenvalue weighted by Crippen LogP contribution is -2.20. The summed E-state index contributed by atoms with van der Waals surface area (Å²) in [5, 5.41) is 5.77. The molecule has 0 bridgehead atoms. The van der Waals surface area contributed by atoms with Crippen molar-refractivity contribution in [3.8, 4) is 5.75 Å². The fourth-order valence-electron chi connectivity index (χ4n) is 3.62. The number of fused-ring (bicyclic) bond motifs is 1. The van der Waals surface area contributed by atoms with Crippen LogP contribution in [0.3, 0.4) is 0 Å². The zero-order valence-electron chi connectivity index (χ0n) is 18.4. The van der Waals surface area contributed by atoms with Gasteiger partial charge in [0, 0.05) is 10.6 Å². The van der Waals surface area contributed by atoms with Crippen molar-refractivity contribution < 1.29 is 14.3 Å². The predicted molar refractivity (Wildman–Crippen MR) is 142 cm³/mol. The Labute approximate surface area is 211 Å². The molecule has 4 aromatic carbocycles. The fourth-order valence-corrected chi connectivity index (χ4v) is 4.57. The van der Waals surface area contributed by atoms with Gasteiger partial charge >= 0.3 is 0 Å². The van der Waals surface area contributed by atoms with E-state index in [4.69, 9.17) is 16.3 Å². The van der Waals surface area contributed by atoms with E-state index >= 15 is 0 Å². The minimum Gasteiger partial charge on any atom is -0.489 e. The van der Waals surface area contributed by atoms with Crippen molar-refractivity contribution in [2.45, 2.75) is 6.61 Å². The topological polar surface area (TPSA) is 67.8 Å². The number of benzene rings is 4. The van der Waals surface area contributed by atoms with Crippen molar-refractivity contribution in [1.29, 1.82) is 0 Å². The first kappa shape index (κ1) is 22.9. The molecule has 7 heteroatoms. The third kappa shape index (κ3) is 5.45. The molecule has 0 spiro atoms. The van der Waals surface area contributed by atoms with Crippen molar-refractivity contribution in [2.75, 3.05) is 0 Å². The smallest absolute Gasteiger partial charge is 0.279 e. The van der Waals surface area contributed by atoms with Gasteiger partial charge in [-0.3, -0.25) is 9.59 Å². The van der Waals surface area contributed by atoms with Gasteiger partial charge in [-0.15, -0.1) is 0 Å². The van der Waals surface area contributed by atoms with Gasteiger partial charge in [0.1, 0.15) is 12.4 Å². The number of hydrogen-bond acceptors (Lipinski definition) is 4. The molecule has 0 atom stereocenters. The van der Waals surface area contributed by atoms with E-state index < -0.39 is 5.91 Å². The molecule has 0 unspecified atom stereocenters. The summed E-state index contributed by atoms with van der Waals surface area (Å²) in [4.78, 5) is 29.1. The summed E-state index contributed by atoms with van der Waals surface area (Å²) in [6.07, 6.45) is 1.75. The number of halogens is 1. The Kier molecular flexibility index (Phi) is 6.66. The number of hydrogen-bond donors (Lipinski definition) is 1. The molecule has 0 radical (unpaired) electrons. The second-order valence-corrected chi connectivity index (χ2v) is 9.26. The number of ether oxygens (including phenoxy) is 1. The molecule has 35 heavy (non-hydrogen) atoms. The van der Waals surface area contributed by atoms with Gasteiger partial charge in [-0.1, -0.05) is 66.2 Å². The number of amidine groups is 1. The highest BCUT2D eigenvalue weighted by molar-refractivity contribution is 8.18. The van der Waals surface area contributed by atoms with Crippen LogP contribution in [0.2, 0.25) is 5.02 Å². The standard InChI is InChI=1S/C28H19ClN2O3S/c29-22-12-10-20(11-13-22)26(32)30-28-31-27(33)25(35-28)16-18-8-14-23(15-9-18)34-17-21-6-3-5-19-4-1-2-7-24(19)21/h1-16H,17H2,(H,30,31,32,33)/b25-16-. The Bertz CT molecular complexity index is 1470. The molecule has 1 aliphatic heterocycles. The van der Waals surface area contributed by atoms with Crippen LogP contribution in [0, 0.1) is 0 Å². The van der Waals surface area contributed by atoms with Crippen LogP contribution < -0.4 is 10.1 Å². The van der Waals surface area contributed by atoms with Crippen LogP contribution in [0.15, 0.2) is 101 Å². The van der Waals surface area contributed by atoms with E-state index in [1.807, 2.05) is 42.5 Å². The Morgan fingerprint density at radius 2 is 1.69 bits per heavy atom. The molecule has 5 rings (SSSR count). The lowest BCUT2D eigenvalue weighted by atomic mass is 10.1. The highest BCUT2D eigenvalue weighted by Gasteiger charge is 2.24. The molecule has 1 saturated heterocycles. The minimum atomic E-state index is -0.446. The summed E-state index contributed by atoms with van der Waals surface area (Å²) in [6.45, 7) is 0.460. The number of nitrogens with one attached hydrogen (secondary N) is 1. The molecule has 1 aliphatic rings. The highest BCUT2D eigenvalue weighted by atomic mass is 35.5. The van der Waals surface area contributed by atoms with Crippen LogP contribution in [-0.4, -0.2) is 17.0 Å². The van der Waals surface area contributed by atoms with Crippen LogP contribution in [0.1, 0.15) is 21.5 Å². The van der Waals surface area contributed by atoms with Crippen molar-refractivity contribution in [1.82, 2.24) is 5.32 Å². The number of nitrogens with zero attached hydrogens (tertiary/aromatic N) is 1. The monoisotopic (exact) mass is 498 g/mol. The van der Waals surface area contributed by atoms with E-state index in [9.17, 15) is 9.59 Å². The third-order valence-corrected chi connectivity index (χ3v) is 6.56. The zero-order chi connectivity index (χ0) is 24.2. The van der Waals surface area contributed by atoms with E-state index in [-0.39, 0.29) is 11.1 Å². The zero-order valence-corrected chi connectivity index (χ0v) is 20.0. The highest BCUT2D eigenvalue weighted by Crippen LogP contribution is 2.27. The van der Waals surface area contributed by atoms with Gasteiger partial charge in [-0.05, 0) is 76.1 Å². The Morgan fingerprint density at radius 1 is 0.943 bits per heavy atom. The van der Waals surface area contributed by atoms with Crippen LogP contribution >= 0.6 is 23.4 Å². The van der Waals surface area contributed by atoms with Gasteiger partial charge in [-0.25, -0.2) is 0 Å². The second kappa shape index (κ2) is 10.2. The number of carbonyl (C=O) groups excluding carboxylic acids is 2. The Morgan fingerprint density at radius 3 is 2.49 bits per heavy atom. The van der Waals surface area contributed by atoms with Gasteiger partial charge in [0.25, 0.3) is 11.8 Å². The summed E-state index contributed by atoms with van der Waals surface area (Å²) in [7, 11) is 0. The van der Waals surface area contributed by atoms with Crippen molar-refractivity contribution in [3.05, 3.63) is 118 Å². The number of aliphatic imine (C=N–C) groups is 1. The summed E-state index contributed by atoms with van der Waals surface area (Å²) in [5.74, 6) is -0.00762. The minimum absolute atomic E-state index is 0.247. The molecular weight excluding hydrogens is 480 g/mol. The van der Waals surface area contributed by atoms with Gasteiger partial charge in [0.2, 0.25) is 0 Å². The average Bonchev–Trinajstić information content (AvgIpc) is 3.22. The van der Waals surface area contributed by atoms with Gasteiger partial charge in [0.15, 0.2) is 5.17 Å². The number of rotatable bonds is 5. The van der Waals surface area contributed by atoms with Crippen molar-refractivity contribution in [3.63, 3.8) is 0 Å². The molecule has 0 aromatic heterocycles. The molecule has 0 aliphatic carbocycles. The largest absolute Gasteiger partial charge is 0.489 e. The van der Waals surface area contributed by atoms with Crippen molar-refractivity contribution in [2.24, 2.45) is 4.99 Å². The first-order chi connectivity index (χ1) is 17.0. The number of thioether (sulfide) groups is 1. The third-order valence-electron chi connectivity index (χ3n) is 5.40. The molecule has 1 fully saturated rings. The van der Waals surface area contributed by atoms with Crippen LogP contribution in [-0.2, 0) is 11.4 Å². The van der Waals surface area contributed by atoms with Crippen LogP contribution in [0.4, 0.5) is 0 Å². The normalized spacial score (nSPS) is 15.5. The first-order valence-electron chi connectivity index (χ1n) is 10.8. The molecule has 0 saturated carbocycles. The number of amides is 2. The van der Waals surface area contributed by atoms with Crippen LogP contribution in [0.5, 0.6) is 5.75 Å². The fraction of sp³-hybridized carbons (Fsp3) is 0.0357. The maximum atomic E-state index is 12.4. The predicted octanol–water partition coefficient (Wildman–Crippen LogP) is 6.47. The van der Waals surface area contributed by atoms with Crippen molar-refractivity contribution >= 4 is 57.2 Å². The Hall–Kier alpha value is -3.87. The van der Waals surface area contributed by atoms with Gasteiger partial charge < -0.3 is 10.1 Å². The maximum absolute atomic E-state index is 12.4. The van der Waals surface area contributed by atoms with E-state index in [2.05, 4.69) is 34.6 Å². The molecule has 4 aromatic rings. The molecule has 1 heterocycles. The summed E-state index contributed by atoms with van der Waals surface area (Å²) in [5.41, 5.74) is 2.35. The van der Waals surface area contributed by atoms with E-state index in [1.54, 1.807) is 30.3 Å². The SMILES string of the molecule is O=C1NC(=NC(=O)c2ccc(Cl)cc2)S/C1=C\c1ccc(OCc2cccc3ccccc23)cc1. The molecular formula is C28H19ClN2O3S. The van der Waals surface area contributed by atoms with Crippen LogP contribution in [0.25, 0.3) is 16.8 Å². The molecule has 1 N–H and O–H groups in total. The molecule has 5 nitrogen and oxygen atoms in total. The van der Waals surface area contributed by atoms with Gasteiger partial charge in [0.05, 0.1) is 4.91 Å². The lowest BCUT2D eigenvalue weighted by Gasteiger charge is -2.09. The second-order valence-electron chi connectivity index (χ2n) is 7.79. The molecule has 172 valence electrons. The van der Waals surface area contributed by atoms with Gasteiger partial charge in [-0.2, -0.15) is 4.99 Å².